The number of hydrogen-bond acceptors (Lipinski definition) is 5. The van der Waals surface area contributed by atoms with Crippen LogP contribution in [0.25, 0.3) is 22.5 Å². The second-order valence-corrected chi connectivity index (χ2v) is 7.76. The minimum Gasteiger partial charge on any atom is -0.353 e. The summed E-state index contributed by atoms with van der Waals surface area (Å²) >= 11 is 0. The first-order valence-electron chi connectivity index (χ1n) is 9.79. The molecule has 0 unspecified atom stereocenters. The Balaban J connectivity index is 1.57. The van der Waals surface area contributed by atoms with E-state index in [2.05, 4.69) is 20.3 Å². The van der Waals surface area contributed by atoms with Gasteiger partial charge in [0.05, 0.1) is 24.6 Å². The molecule has 1 aliphatic rings. The van der Waals surface area contributed by atoms with Gasteiger partial charge < -0.3 is 19.8 Å². The van der Waals surface area contributed by atoms with Crippen molar-refractivity contribution in [1.82, 2.24) is 20.3 Å². The molecule has 0 aliphatic carbocycles. The van der Waals surface area contributed by atoms with E-state index in [9.17, 15) is 13.6 Å². The van der Waals surface area contributed by atoms with Crippen LogP contribution in [0.5, 0.6) is 0 Å². The van der Waals surface area contributed by atoms with E-state index in [-0.39, 0.29) is 12.4 Å². The van der Waals surface area contributed by atoms with E-state index in [1.807, 2.05) is 19.1 Å². The molecule has 0 atom stereocenters. The van der Waals surface area contributed by atoms with Gasteiger partial charge in [0.2, 0.25) is 6.29 Å². The van der Waals surface area contributed by atoms with E-state index in [0.29, 0.717) is 24.7 Å². The molecular weight excluding hydrogens is 406 g/mol. The summed E-state index contributed by atoms with van der Waals surface area (Å²) in [6, 6.07) is 9.77. The zero-order valence-corrected chi connectivity index (χ0v) is 16.9. The number of hydrogen-bond donors (Lipinski definition) is 2. The molecule has 0 bridgehead atoms. The average molecular weight is 428 g/mol. The third-order valence-corrected chi connectivity index (χ3v) is 5.03. The van der Waals surface area contributed by atoms with E-state index >= 15 is 0 Å². The summed E-state index contributed by atoms with van der Waals surface area (Å²) in [5.41, 5.74) is 2.49. The van der Waals surface area contributed by atoms with Crippen LogP contribution < -0.4 is 5.32 Å². The minimum absolute atomic E-state index is 0.240. The van der Waals surface area contributed by atoms with Crippen LogP contribution in [0.4, 0.5) is 8.78 Å². The molecule has 2 aromatic heterocycles. The molecule has 0 saturated carbocycles. The number of pyridine rings is 1. The molecule has 162 valence electrons. The van der Waals surface area contributed by atoms with Gasteiger partial charge in [0, 0.05) is 35.5 Å². The van der Waals surface area contributed by atoms with Gasteiger partial charge >= 0.3 is 0 Å². The van der Waals surface area contributed by atoms with Crippen molar-refractivity contribution in [2.24, 2.45) is 5.41 Å². The molecule has 4 rings (SSSR count). The Morgan fingerprint density at radius 2 is 1.84 bits per heavy atom. The third kappa shape index (κ3) is 4.78. The number of amides is 1. The zero-order chi connectivity index (χ0) is 21.8. The Bertz CT molecular complexity index is 1030. The molecule has 7 nitrogen and oxygen atoms in total. The number of nitrogens with zero attached hydrogens (tertiary/aromatic N) is 2. The predicted molar refractivity (Wildman–Crippen MR) is 109 cm³/mol. The van der Waals surface area contributed by atoms with E-state index in [0.717, 1.165) is 16.8 Å². The first-order valence-corrected chi connectivity index (χ1v) is 9.79. The summed E-state index contributed by atoms with van der Waals surface area (Å²) in [6.07, 6.45) is 2.61. The first-order chi connectivity index (χ1) is 15.0. The SMILES string of the molecule is CC1(CNC(=O)CF)COC(c2nc(-c3ccc(F)cc3)c(-c3ccncc3)[nH]2)OC1. The minimum atomic E-state index is -1.06. The van der Waals surface area contributed by atoms with Crippen molar-refractivity contribution in [2.75, 3.05) is 26.4 Å². The summed E-state index contributed by atoms with van der Waals surface area (Å²) < 4.78 is 37.5. The van der Waals surface area contributed by atoms with Crippen molar-refractivity contribution < 1.29 is 23.0 Å². The second kappa shape index (κ2) is 8.91. The average Bonchev–Trinajstić information content (AvgIpc) is 3.24. The zero-order valence-electron chi connectivity index (χ0n) is 16.9. The predicted octanol–water partition coefficient (Wildman–Crippen LogP) is 3.42. The number of halogens is 2. The molecule has 1 amide bonds. The second-order valence-electron chi connectivity index (χ2n) is 7.76. The Morgan fingerprint density at radius 1 is 1.16 bits per heavy atom. The smallest absolute Gasteiger partial charge is 0.251 e. The number of imidazole rings is 1. The maximum atomic E-state index is 13.4. The quantitative estimate of drug-likeness (QED) is 0.628. The number of H-pyrrole nitrogens is 1. The van der Waals surface area contributed by atoms with Gasteiger partial charge in [-0.15, -0.1) is 0 Å². The molecule has 0 spiro atoms. The Labute approximate surface area is 177 Å². The van der Waals surface area contributed by atoms with Crippen molar-refractivity contribution in [2.45, 2.75) is 13.2 Å². The van der Waals surface area contributed by atoms with E-state index in [1.165, 1.54) is 12.1 Å². The number of ether oxygens (including phenoxy) is 2. The highest BCUT2D eigenvalue weighted by atomic mass is 19.1. The number of nitrogens with one attached hydrogen (secondary N) is 2. The van der Waals surface area contributed by atoms with Crippen LogP contribution in [0.3, 0.4) is 0 Å². The first kappa shape index (κ1) is 21.1. The lowest BCUT2D eigenvalue weighted by Crippen LogP contribution is -2.45. The van der Waals surface area contributed by atoms with Gasteiger partial charge in [0.15, 0.2) is 12.5 Å². The number of rotatable bonds is 6. The maximum absolute atomic E-state index is 13.4. The normalized spacial score (nSPS) is 21.1. The van der Waals surface area contributed by atoms with Gasteiger partial charge in [-0.2, -0.15) is 0 Å². The van der Waals surface area contributed by atoms with Gasteiger partial charge in [0.1, 0.15) is 5.82 Å². The summed E-state index contributed by atoms with van der Waals surface area (Å²) in [4.78, 5) is 23.2. The van der Waals surface area contributed by atoms with Gasteiger partial charge in [-0.05, 0) is 36.4 Å². The van der Waals surface area contributed by atoms with Gasteiger partial charge in [-0.3, -0.25) is 9.78 Å². The highest BCUT2D eigenvalue weighted by Gasteiger charge is 2.35. The molecule has 3 aromatic rings. The monoisotopic (exact) mass is 428 g/mol. The lowest BCUT2D eigenvalue weighted by Gasteiger charge is -2.36. The fourth-order valence-corrected chi connectivity index (χ4v) is 3.31. The molecule has 1 fully saturated rings. The van der Waals surface area contributed by atoms with Crippen LogP contribution in [0.1, 0.15) is 19.0 Å². The lowest BCUT2D eigenvalue weighted by molar-refractivity contribution is -0.232. The largest absolute Gasteiger partial charge is 0.353 e. The molecular formula is C22H22F2N4O3. The summed E-state index contributed by atoms with van der Waals surface area (Å²) in [5.74, 6) is -0.524. The molecule has 0 radical (unpaired) electrons. The van der Waals surface area contributed by atoms with E-state index in [4.69, 9.17) is 9.47 Å². The van der Waals surface area contributed by atoms with E-state index < -0.39 is 24.3 Å². The van der Waals surface area contributed by atoms with Crippen LogP contribution in [0.15, 0.2) is 48.8 Å². The molecule has 9 heteroatoms. The number of aromatic amines is 1. The van der Waals surface area contributed by atoms with Crippen molar-refractivity contribution >= 4 is 5.91 Å². The fraction of sp³-hybridized carbons (Fsp3) is 0.318. The molecule has 2 N–H and O–H groups in total. The van der Waals surface area contributed by atoms with Crippen molar-refractivity contribution in [1.29, 1.82) is 0 Å². The number of alkyl halides is 1. The van der Waals surface area contributed by atoms with Gasteiger partial charge in [-0.25, -0.2) is 13.8 Å². The van der Waals surface area contributed by atoms with Gasteiger partial charge in [-0.1, -0.05) is 6.92 Å². The van der Waals surface area contributed by atoms with Crippen LogP contribution in [0.2, 0.25) is 0 Å². The Hall–Kier alpha value is -3.17. The number of carbonyl (C=O) groups excluding carboxylic acids is 1. The number of benzene rings is 1. The Kier molecular flexibility index (Phi) is 6.06. The number of aromatic nitrogens is 3. The fourth-order valence-electron chi connectivity index (χ4n) is 3.31. The maximum Gasteiger partial charge on any atom is 0.251 e. The molecule has 1 aliphatic heterocycles. The molecule has 1 saturated heterocycles. The highest BCUT2D eigenvalue weighted by Crippen LogP contribution is 2.35. The van der Waals surface area contributed by atoms with Gasteiger partial charge in [0.25, 0.3) is 5.91 Å². The molecule has 3 heterocycles. The van der Waals surface area contributed by atoms with Crippen molar-refractivity contribution in [3.05, 3.63) is 60.4 Å². The topological polar surface area (TPSA) is 89.1 Å². The van der Waals surface area contributed by atoms with E-state index in [1.54, 1.807) is 24.5 Å². The standard InChI is InChI=1S/C22H22F2N4O3/c1-22(11-26-17(29)10-23)12-30-21(31-13-22)20-27-18(14-2-4-16(24)5-3-14)19(28-20)15-6-8-25-9-7-15/h2-9,21H,10-13H2,1H3,(H,26,29)(H,27,28). The van der Waals surface area contributed by atoms with Crippen LogP contribution >= 0.6 is 0 Å². The van der Waals surface area contributed by atoms with Crippen molar-refractivity contribution in [3.63, 3.8) is 0 Å². The summed E-state index contributed by atoms with van der Waals surface area (Å²) in [5, 5.41) is 2.52. The third-order valence-electron chi connectivity index (χ3n) is 5.03. The van der Waals surface area contributed by atoms with Crippen LogP contribution in [-0.2, 0) is 14.3 Å². The number of carbonyl (C=O) groups is 1. The molecule has 1 aromatic carbocycles. The molecule has 31 heavy (non-hydrogen) atoms. The Morgan fingerprint density at radius 3 is 2.48 bits per heavy atom. The summed E-state index contributed by atoms with van der Waals surface area (Å²) in [6.45, 7) is 1.65. The van der Waals surface area contributed by atoms with Crippen molar-refractivity contribution in [3.8, 4) is 22.5 Å². The van der Waals surface area contributed by atoms with Crippen LogP contribution in [-0.4, -0.2) is 47.3 Å². The lowest BCUT2D eigenvalue weighted by atomic mass is 9.92. The van der Waals surface area contributed by atoms with Crippen LogP contribution in [0, 0.1) is 11.2 Å². The summed E-state index contributed by atoms with van der Waals surface area (Å²) in [7, 11) is 0. The highest BCUT2D eigenvalue weighted by molar-refractivity contribution is 5.78.